The van der Waals surface area contributed by atoms with E-state index in [9.17, 15) is 0 Å². The van der Waals surface area contributed by atoms with E-state index in [-0.39, 0.29) is 42.7 Å². The third kappa shape index (κ3) is 9.26. The summed E-state index contributed by atoms with van der Waals surface area (Å²) in [6.07, 6.45) is 1.92. The van der Waals surface area contributed by atoms with Crippen LogP contribution < -0.4 is 13.9 Å². The van der Waals surface area contributed by atoms with Crippen molar-refractivity contribution >= 4 is 72.4 Å². The van der Waals surface area contributed by atoms with Crippen LogP contribution in [0, 0.1) is 12.1 Å². The predicted molar refractivity (Wildman–Crippen MR) is 318 cm³/mol. The van der Waals surface area contributed by atoms with Crippen LogP contribution in [0.5, 0.6) is 11.5 Å². The Morgan fingerprint density at radius 1 is 0.455 bits per heavy atom. The van der Waals surface area contributed by atoms with Crippen LogP contribution >= 0.6 is 0 Å². The molecule has 7 heteroatoms. The minimum Gasteiger partial charge on any atom is -0.509 e. The van der Waals surface area contributed by atoms with Crippen molar-refractivity contribution in [1.82, 2.24) is 23.3 Å². The van der Waals surface area contributed by atoms with Gasteiger partial charge in [0.2, 0.25) is 5.69 Å². The molecular weight excluding hydrogens is 1120 g/mol. The van der Waals surface area contributed by atoms with Gasteiger partial charge in [0, 0.05) is 52.2 Å². The summed E-state index contributed by atoms with van der Waals surface area (Å²) in [6, 6.07) is 72.7. The first-order valence-electron chi connectivity index (χ1n) is 26.6. The molecule has 11 aromatic rings. The first-order chi connectivity index (χ1) is 36.2. The van der Waals surface area contributed by atoms with Crippen LogP contribution in [-0.4, -0.2) is 20.1 Å². The number of hydrogen-bond acceptors (Lipinski definition) is 2. The number of nitrogens with zero attached hydrogens (tertiary/aromatic N) is 5. The van der Waals surface area contributed by atoms with Crippen molar-refractivity contribution < 1.29 is 25.8 Å². The summed E-state index contributed by atoms with van der Waals surface area (Å²) in [4.78, 5) is 4.99. The standard InChI is InChI=1S/C70H65N5O.Pt/c1-67(2,3)47-21-17-20-45(36-47)46-30-33-61-58(37-46)57-32-31-54(43-64(57)75(61)65-41-48(34-35-71-65)68(4,5)6)76-53-23-18-22-51(42-53)72-44-73(52-39-49(69(7,8)9)38-50(40-52)70(10,11)12)66-62(72)28-19-29-63(66)74-59-26-15-13-24-55(59)56-25-14-16-27-60(56)74;/h13-41H,1-12H3;/q;+2. The van der Waals surface area contributed by atoms with E-state index in [0.29, 0.717) is 11.5 Å². The average molecular weight is 1190 g/mol. The first-order valence-corrected chi connectivity index (χ1v) is 26.6. The van der Waals surface area contributed by atoms with Crippen molar-refractivity contribution in [2.45, 2.75) is 105 Å². The molecule has 8 aromatic carbocycles. The van der Waals surface area contributed by atoms with Gasteiger partial charge in [-0.1, -0.05) is 190 Å². The van der Waals surface area contributed by atoms with Crippen molar-refractivity contribution in [1.29, 1.82) is 0 Å². The van der Waals surface area contributed by atoms with Crippen molar-refractivity contribution in [2.75, 3.05) is 0 Å². The van der Waals surface area contributed by atoms with Gasteiger partial charge in [-0.15, -0.1) is 23.6 Å². The fraction of sp³-hybridized carbons (Fsp3) is 0.229. The van der Waals surface area contributed by atoms with Gasteiger partial charge >= 0.3 is 32.8 Å². The average Bonchev–Trinajstić information content (AvgIpc) is 4.09. The van der Waals surface area contributed by atoms with Gasteiger partial charge in [0.05, 0.1) is 11.0 Å². The van der Waals surface area contributed by atoms with Crippen LogP contribution in [0.3, 0.4) is 0 Å². The first kappa shape index (κ1) is 51.5. The maximum Gasteiger partial charge on any atom is 2.00 e. The van der Waals surface area contributed by atoms with E-state index in [1.165, 1.54) is 38.6 Å². The predicted octanol–water partition coefficient (Wildman–Crippen LogP) is 18.4. The Hall–Kier alpha value is -7.62. The van der Waals surface area contributed by atoms with Gasteiger partial charge in [-0.05, 0) is 101 Å². The molecule has 0 radical (unpaired) electrons. The molecule has 12 rings (SSSR count). The molecule has 0 atom stereocenters. The Kier molecular flexibility index (Phi) is 12.6. The SMILES string of the molecule is CC(C)(C)c1cccc(-c2ccc3c(c2)c2ccc(Oc4[c-]c([N+]5=C=[N+](c6cc(C(C)(C)C)cc(C(C)(C)C)c6)c6c(-n7c8ccccc8c8ccccc87)cccc65)ccc4)[c-]c2n3-c2cc(C(C)(C)C)ccn2)c1.[Pt+2]. The molecule has 0 N–H and O–H groups in total. The maximum atomic E-state index is 6.86. The minimum atomic E-state index is -0.0903. The molecule has 6 nitrogen and oxygen atoms in total. The molecular formula is C70H65N5OPt+2. The number of rotatable bonds is 7. The third-order valence-electron chi connectivity index (χ3n) is 15.2. The molecule has 0 unspecified atom stereocenters. The summed E-state index contributed by atoms with van der Waals surface area (Å²) in [5.41, 5.74) is 16.3. The largest absolute Gasteiger partial charge is 2.00 e. The summed E-state index contributed by atoms with van der Waals surface area (Å²) in [5, 5.41) is 4.62. The Bertz CT molecular complexity index is 4140. The quantitative estimate of drug-likeness (QED) is 0.118. The molecule has 1 aliphatic heterocycles. The summed E-state index contributed by atoms with van der Waals surface area (Å²) >= 11 is 0. The number of pyridine rings is 1. The Labute approximate surface area is 467 Å². The zero-order valence-electron chi connectivity index (χ0n) is 46.2. The molecule has 0 aliphatic carbocycles. The van der Waals surface area contributed by atoms with E-state index in [0.717, 1.165) is 72.7 Å². The molecule has 0 saturated carbocycles. The molecule has 0 saturated heterocycles. The third-order valence-corrected chi connectivity index (χ3v) is 15.2. The summed E-state index contributed by atoms with van der Waals surface area (Å²) in [6.45, 7) is 27.3. The molecule has 4 heterocycles. The van der Waals surface area contributed by atoms with Crippen LogP contribution in [0.4, 0.5) is 22.7 Å². The zero-order valence-corrected chi connectivity index (χ0v) is 48.5. The molecule has 1 aliphatic rings. The summed E-state index contributed by atoms with van der Waals surface area (Å²) in [5.74, 6) is 1.98. The topological polar surface area (TPSA) is 38.0 Å². The number of aromatic nitrogens is 3. The molecule has 0 spiro atoms. The van der Waals surface area contributed by atoms with Crippen molar-refractivity contribution in [3.8, 4) is 34.1 Å². The van der Waals surface area contributed by atoms with Gasteiger partial charge in [-0.2, -0.15) is 12.1 Å². The van der Waals surface area contributed by atoms with E-state index in [4.69, 9.17) is 9.72 Å². The van der Waals surface area contributed by atoms with Crippen molar-refractivity contribution in [3.63, 3.8) is 0 Å². The van der Waals surface area contributed by atoms with Gasteiger partial charge in [0.1, 0.15) is 17.2 Å². The van der Waals surface area contributed by atoms with E-state index in [1.54, 1.807) is 0 Å². The molecule has 3 aromatic heterocycles. The van der Waals surface area contributed by atoms with Crippen molar-refractivity contribution in [2.24, 2.45) is 0 Å². The summed E-state index contributed by atoms with van der Waals surface area (Å²) < 4.78 is 15.9. The molecule has 0 fully saturated rings. The monoisotopic (exact) mass is 1190 g/mol. The summed E-state index contributed by atoms with van der Waals surface area (Å²) in [7, 11) is 0. The van der Waals surface area contributed by atoms with Gasteiger partial charge in [-0.3, -0.25) is 0 Å². The van der Waals surface area contributed by atoms with Gasteiger partial charge < -0.3 is 13.9 Å². The number of ether oxygens (including phenoxy) is 1. The minimum absolute atomic E-state index is 0. The van der Waals surface area contributed by atoms with Gasteiger partial charge in [0.25, 0.3) is 5.69 Å². The second-order valence-electron chi connectivity index (χ2n) is 24.7. The second kappa shape index (κ2) is 18.8. The fourth-order valence-corrected chi connectivity index (χ4v) is 10.8. The molecule has 77 heavy (non-hydrogen) atoms. The number of para-hydroxylation sites is 3. The smallest absolute Gasteiger partial charge is 0.509 e. The van der Waals surface area contributed by atoms with Gasteiger partial charge in [-0.25, -0.2) is 4.98 Å². The Balaban J connectivity index is 0.00000631. The number of benzene rings is 8. The number of fused-ring (bicyclic) bond motifs is 7. The van der Waals surface area contributed by atoms with Crippen LogP contribution in [0.2, 0.25) is 0 Å². The normalized spacial score (nSPS) is 13.0. The maximum absolute atomic E-state index is 6.86. The molecule has 0 amide bonds. The second-order valence-corrected chi connectivity index (χ2v) is 24.7. The van der Waals surface area contributed by atoms with E-state index < -0.39 is 0 Å². The fourth-order valence-electron chi connectivity index (χ4n) is 10.8. The van der Waals surface area contributed by atoms with Crippen LogP contribution in [0.25, 0.3) is 66.2 Å². The van der Waals surface area contributed by atoms with Gasteiger partial charge in [0.15, 0.2) is 0 Å². The number of hydrogen-bond donors (Lipinski definition) is 0. The Morgan fingerprint density at radius 3 is 1.73 bits per heavy atom. The molecule has 384 valence electrons. The van der Waals surface area contributed by atoms with Crippen molar-refractivity contribution in [3.05, 3.63) is 210 Å². The van der Waals surface area contributed by atoms with Crippen LogP contribution in [-0.2, 0) is 42.7 Å². The van der Waals surface area contributed by atoms with E-state index in [2.05, 4.69) is 271 Å². The van der Waals surface area contributed by atoms with Crippen LogP contribution in [0.1, 0.15) is 105 Å². The van der Waals surface area contributed by atoms with Crippen LogP contribution in [0.15, 0.2) is 176 Å². The molecule has 0 bridgehead atoms. The zero-order chi connectivity index (χ0) is 53.1. The Morgan fingerprint density at radius 2 is 1.05 bits per heavy atom. The van der Waals surface area contributed by atoms with E-state index >= 15 is 0 Å². The van der Waals surface area contributed by atoms with E-state index in [1.807, 2.05) is 24.4 Å².